The van der Waals surface area contributed by atoms with E-state index >= 15 is 0 Å². The zero-order valence-electron chi connectivity index (χ0n) is 19.0. The van der Waals surface area contributed by atoms with Crippen LogP contribution in [0.25, 0.3) is 11.0 Å². The lowest BCUT2D eigenvalue weighted by Gasteiger charge is -2.09. The molecule has 0 saturated carbocycles. The van der Waals surface area contributed by atoms with Crippen LogP contribution in [-0.4, -0.2) is 27.2 Å². The lowest BCUT2D eigenvalue weighted by molar-refractivity contribution is -0.274. The molecule has 0 fully saturated rings. The first-order chi connectivity index (χ1) is 16.7. The summed E-state index contributed by atoms with van der Waals surface area (Å²) >= 11 is 6.40. The van der Waals surface area contributed by atoms with Crippen molar-refractivity contribution >= 4 is 28.3 Å². The van der Waals surface area contributed by atoms with Crippen molar-refractivity contribution in [2.75, 3.05) is 6.61 Å². The van der Waals surface area contributed by atoms with Crippen molar-refractivity contribution in [3.8, 4) is 11.5 Å². The van der Waals surface area contributed by atoms with Crippen molar-refractivity contribution in [3.63, 3.8) is 0 Å². The van der Waals surface area contributed by atoms with Crippen LogP contribution in [-0.2, 0) is 20.2 Å². The molecule has 184 valence electrons. The van der Waals surface area contributed by atoms with E-state index in [1.807, 2.05) is 53.4 Å². The minimum atomic E-state index is -4.77. The molecule has 10 heteroatoms. The van der Waals surface area contributed by atoms with Crippen LogP contribution in [0, 0.1) is 0 Å². The van der Waals surface area contributed by atoms with E-state index in [1.54, 1.807) is 6.07 Å². The van der Waals surface area contributed by atoms with Gasteiger partial charge in [0.2, 0.25) is 5.62 Å². The Bertz CT molecular complexity index is 1390. The third kappa shape index (κ3) is 5.63. The third-order valence-electron chi connectivity index (χ3n) is 5.33. The highest BCUT2D eigenvalue weighted by Crippen LogP contribution is 2.30. The van der Waals surface area contributed by atoms with E-state index in [1.165, 1.54) is 24.3 Å². The molecule has 0 spiro atoms. The Morgan fingerprint density at radius 2 is 1.66 bits per heavy atom. The summed E-state index contributed by atoms with van der Waals surface area (Å²) in [6, 6.07) is 16.4. The minimum absolute atomic E-state index is 0.0519. The van der Waals surface area contributed by atoms with Gasteiger partial charge in [0.05, 0.1) is 31.0 Å². The van der Waals surface area contributed by atoms with Gasteiger partial charge in [-0.25, -0.2) is 4.99 Å². The predicted octanol–water partition coefficient (Wildman–Crippen LogP) is 5.70. The predicted molar refractivity (Wildman–Crippen MR) is 127 cm³/mol. The number of aryl methyl sites for hydroxylation is 1. The lowest BCUT2D eigenvalue weighted by Crippen LogP contribution is -2.24. The molecule has 35 heavy (non-hydrogen) atoms. The van der Waals surface area contributed by atoms with Crippen LogP contribution in [0.2, 0.25) is 5.02 Å². The van der Waals surface area contributed by atoms with Gasteiger partial charge in [-0.3, -0.25) is 0 Å². The van der Waals surface area contributed by atoms with Crippen molar-refractivity contribution in [2.45, 2.75) is 26.4 Å². The zero-order valence-corrected chi connectivity index (χ0v) is 19.8. The van der Waals surface area contributed by atoms with Gasteiger partial charge in [0.25, 0.3) is 0 Å². The van der Waals surface area contributed by atoms with Gasteiger partial charge in [0, 0.05) is 18.1 Å². The Kier molecular flexibility index (Phi) is 7.09. The number of nitrogens with zero attached hydrogens (tertiary/aromatic N) is 3. The first kappa shape index (κ1) is 24.7. The van der Waals surface area contributed by atoms with Crippen LogP contribution < -0.4 is 15.1 Å². The summed E-state index contributed by atoms with van der Waals surface area (Å²) in [6.07, 6.45) is -4.77. The Morgan fingerprint density at radius 1 is 1.00 bits per heavy atom. The van der Waals surface area contributed by atoms with Crippen LogP contribution in [0.3, 0.4) is 0 Å². The third-order valence-corrected chi connectivity index (χ3v) is 5.55. The van der Waals surface area contributed by atoms with Crippen LogP contribution in [0.4, 0.5) is 18.9 Å². The molecule has 1 heterocycles. The van der Waals surface area contributed by atoms with Crippen molar-refractivity contribution in [1.29, 1.82) is 0 Å². The Balaban J connectivity index is 1.88. The molecule has 4 aromatic rings. The molecule has 0 aliphatic carbocycles. The molecule has 0 amide bonds. The fraction of sp³-hybridized carbons (Fsp3) is 0.240. The summed E-state index contributed by atoms with van der Waals surface area (Å²) in [5.74, 6) is 0.271. The number of hydrogen-bond donors (Lipinski definition) is 1. The highest BCUT2D eigenvalue weighted by molar-refractivity contribution is 6.31. The van der Waals surface area contributed by atoms with Crippen molar-refractivity contribution in [1.82, 2.24) is 9.13 Å². The number of aliphatic hydroxyl groups is 1. The maximum absolute atomic E-state index is 12.5. The molecule has 0 bridgehead atoms. The van der Waals surface area contributed by atoms with Gasteiger partial charge in [0.15, 0.2) is 0 Å². The Labute approximate surface area is 204 Å². The second kappa shape index (κ2) is 10.1. The molecule has 0 unspecified atom stereocenters. The zero-order chi connectivity index (χ0) is 25.2. The maximum Gasteiger partial charge on any atom is 0.573 e. The van der Waals surface area contributed by atoms with Crippen LogP contribution in [0.1, 0.15) is 18.1 Å². The molecular formula is C25H23ClF3N3O3. The number of ether oxygens (including phenoxy) is 2. The van der Waals surface area contributed by atoms with E-state index < -0.39 is 6.36 Å². The summed E-state index contributed by atoms with van der Waals surface area (Å²) in [5.41, 5.74) is 4.30. The summed E-state index contributed by atoms with van der Waals surface area (Å²) in [5, 5.41) is 9.84. The topological polar surface area (TPSA) is 60.9 Å². The quantitative estimate of drug-likeness (QED) is 0.350. The molecule has 0 atom stereocenters. The Hall–Kier alpha value is -3.43. The average Bonchev–Trinajstić information content (AvgIpc) is 3.05. The van der Waals surface area contributed by atoms with E-state index in [0.717, 1.165) is 22.2 Å². The van der Waals surface area contributed by atoms with Gasteiger partial charge in [-0.05, 0) is 48.4 Å². The number of aliphatic hydroxyl groups excluding tert-OH is 1. The monoisotopic (exact) mass is 505 g/mol. The van der Waals surface area contributed by atoms with Crippen molar-refractivity contribution < 1.29 is 27.8 Å². The number of aromatic nitrogens is 2. The molecule has 4 rings (SSSR count). The second-order valence-corrected chi connectivity index (χ2v) is 8.21. The highest BCUT2D eigenvalue weighted by Gasteiger charge is 2.31. The molecule has 1 N–H and O–H groups in total. The fourth-order valence-corrected chi connectivity index (χ4v) is 4.02. The molecule has 3 aromatic carbocycles. The minimum Gasteiger partial charge on any atom is -0.492 e. The molecule has 1 aromatic heterocycles. The van der Waals surface area contributed by atoms with Crippen molar-refractivity contribution in [2.24, 2.45) is 12.0 Å². The molecular weight excluding hydrogens is 483 g/mol. The summed E-state index contributed by atoms with van der Waals surface area (Å²) < 4.78 is 51.1. The molecule has 6 nitrogen and oxygen atoms in total. The summed E-state index contributed by atoms with van der Waals surface area (Å²) in [4.78, 5) is 4.73. The van der Waals surface area contributed by atoms with Crippen LogP contribution in [0.5, 0.6) is 11.5 Å². The molecule has 0 aliphatic rings. The molecule has 0 saturated heterocycles. The number of rotatable bonds is 7. The van der Waals surface area contributed by atoms with Gasteiger partial charge in [-0.15, -0.1) is 13.2 Å². The summed E-state index contributed by atoms with van der Waals surface area (Å²) in [6.45, 7) is 2.70. The highest BCUT2D eigenvalue weighted by atomic mass is 35.5. The Morgan fingerprint density at radius 3 is 2.26 bits per heavy atom. The standard InChI is InChI=1S/C25H23ClF3N3O3/c1-3-34-22-13-18(26)12-21-23(22)31(2)24(32(21)14-16-4-6-17(15-33)7-5-16)30-19-8-10-20(11-9-19)35-25(27,28)29/h4-13,33H,3,14-15H2,1-2H3/b30-24-. The molecule has 0 aliphatic heterocycles. The van der Waals surface area contributed by atoms with Crippen LogP contribution in [0.15, 0.2) is 65.7 Å². The summed E-state index contributed by atoms with van der Waals surface area (Å²) in [7, 11) is 1.84. The SMILES string of the molecule is CCOc1cc(Cl)cc2c1n(C)/c(=N/c1ccc(OC(F)(F)F)cc1)n2Cc1ccc(CO)cc1. The van der Waals surface area contributed by atoms with Gasteiger partial charge in [-0.2, -0.15) is 0 Å². The number of fused-ring (bicyclic) bond motifs is 1. The number of halogens is 4. The van der Waals surface area contributed by atoms with Gasteiger partial charge >= 0.3 is 6.36 Å². The first-order valence-electron chi connectivity index (χ1n) is 10.8. The van der Waals surface area contributed by atoms with Gasteiger partial charge < -0.3 is 23.7 Å². The fourth-order valence-electron chi connectivity index (χ4n) is 3.82. The number of hydrogen-bond acceptors (Lipinski definition) is 4. The van der Waals surface area contributed by atoms with Crippen molar-refractivity contribution in [3.05, 3.63) is 82.4 Å². The smallest absolute Gasteiger partial charge is 0.492 e. The van der Waals surface area contributed by atoms with E-state index in [9.17, 15) is 18.3 Å². The van der Waals surface area contributed by atoms with E-state index in [2.05, 4.69) is 4.74 Å². The van der Waals surface area contributed by atoms with E-state index in [4.69, 9.17) is 21.3 Å². The second-order valence-electron chi connectivity index (χ2n) is 7.78. The molecule has 0 radical (unpaired) electrons. The van der Waals surface area contributed by atoms with E-state index in [-0.39, 0.29) is 12.4 Å². The average molecular weight is 506 g/mol. The largest absolute Gasteiger partial charge is 0.573 e. The number of benzene rings is 3. The lowest BCUT2D eigenvalue weighted by atomic mass is 10.1. The number of alkyl halides is 3. The van der Waals surface area contributed by atoms with Gasteiger partial charge in [0.1, 0.15) is 17.0 Å². The number of imidazole rings is 1. The normalized spacial score (nSPS) is 12.4. The van der Waals surface area contributed by atoms with E-state index in [0.29, 0.717) is 35.2 Å². The maximum atomic E-state index is 12.5. The van der Waals surface area contributed by atoms with Gasteiger partial charge in [-0.1, -0.05) is 35.9 Å². The first-order valence-corrected chi connectivity index (χ1v) is 11.2. The van der Waals surface area contributed by atoms with Crippen LogP contribution >= 0.6 is 11.6 Å².